The summed E-state index contributed by atoms with van der Waals surface area (Å²) in [6, 6.07) is 12.2. The lowest BCUT2D eigenvalue weighted by Gasteiger charge is -2.08. The van der Waals surface area contributed by atoms with Crippen LogP contribution in [0.3, 0.4) is 0 Å². The van der Waals surface area contributed by atoms with E-state index in [2.05, 4.69) is 0 Å². The minimum atomic E-state index is -0.723. The van der Waals surface area contributed by atoms with Gasteiger partial charge < -0.3 is 5.11 Å². The molecule has 4 nitrogen and oxygen atoms in total. The number of hydrogen-bond donors (Lipinski definition) is 1. The van der Waals surface area contributed by atoms with Crippen LogP contribution in [0.1, 0.15) is 24.2 Å². The van der Waals surface area contributed by atoms with Gasteiger partial charge in [-0.1, -0.05) is 29.8 Å². The second-order valence-electron chi connectivity index (χ2n) is 4.58. The van der Waals surface area contributed by atoms with E-state index in [1.165, 1.54) is 17.8 Å². The summed E-state index contributed by atoms with van der Waals surface area (Å²) in [7, 11) is 0. The van der Waals surface area contributed by atoms with E-state index in [4.69, 9.17) is 11.6 Å². The fourth-order valence-electron chi connectivity index (χ4n) is 1.80. The molecule has 0 aliphatic carbocycles. The topological polar surface area (TPSA) is 63.4 Å². The summed E-state index contributed by atoms with van der Waals surface area (Å²) >= 11 is 7.21. The Kier molecular flexibility index (Phi) is 5.22. The monoisotopic (exact) mass is 323 g/mol. The molecule has 0 bridgehead atoms. The Balaban J connectivity index is 2.19. The van der Waals surface area contributed by atoms with Crippen LogP contribution in [0.5, 0.6) is 0 Å². The van der Waals surface area contributed by atoms with E-state index >= 15 is 0 Å². The van der Waals surface area contributed by atoms with Crippen molar-refractivity contribution < 1.29 is 10.0 Å². The first-order chi connectivity index (χ1) is 9.97. The van der Waals surface area contributed by atoms with Crippen LogP contribution in [0.15, 0.2) is 47.4 Å². The molecule has 0 spiro atoms. The van der Waals surface area contributed by atoms with Crippen molar-refractivity contribution in [3.63, 3.8) is 0 Å². The second-order valence-corrected chi connectivity index (χ2v) is 6.03. The molecule has 0 unspecified atom stereocenters. The van der Waals surface area contributed by atoms with Crippen molar-refractivity contribution in [1.82, 2.24) is 0 Å². The van der Waals surface area contributed by atoms with Gasteiger partial charge in [0.15, 0.2) is 0 Å². The van der Waals surface area contributed by atoms with Gasteiger partial charge in [-0.15, -0.1) is 11.8 Å². The number of benzene rings is 2. The molecule has 0 fully saturated rings. The zero-order valence-electron chi connectivity index (χ0n) is 11.3. The Morgan fingerprint density at radius 2 is 1.95 bits per heavy atom. The standard InChI is InChI=1S/C15H14ClNO3S/c1-10(18)12-4-7-15(14(8-12)17(19)20)21-9-11-2-5-13(16)6-3-11/h2-8,10,18H,9H2,1H3/t10-/m0/s1. The maximum atomic E-state index is 11.1. The first-order valence-electron chi connectivity index (χ1n) is 6.31. The maximum absolute atomic E-state index is 11.1. The second kappa shape index (κ2) is 6.93. The van der Waals surface area contributed by atoms with Crippen LogP contribution in [0, 0.1) is 10.1 Å². The molecule has 21 heavy (non-hydrogen) atoms. The Hall–Kier alpha value is -1.56. The Morgan fingerprint density at radius 1 is 1.29 bits per heavy atom. The van der Waals surface area contributed by atoms with E-state index in [1.54, 1.807) is 31.2 Å². The molecule has 2 aromatic rings. The molecule has 2 rings (SSSR count). The highest BCUT2D eigenvalue weighted by molar-refractivity contribution is 7.98. The van der Waals surface area contributed by atoms with Crippen molar-refractivity contribution in [1.29, 1.82) is 0 Å². The van der Waals surface area contributed by atoms with Gasteiger partial charge in [-0.3, -0.25) is 10.1 Å². The lowest BCUT2D eigenvalue weighted by molar-refractivity contribution is -0.387. The van der Waals surface area contributed by atoms with Crippen molar-refractivity contribution in [3.05, 3.63) is 68.7 Å². The minimum absolute atomic E-state index is 0.0207. The minimum Gasteiger partial charge on any atom is -0.389 e. The van der Waals surface area contributed by atoms with E-state index in [1.807, 2.05) is 12.1 Å². The van der Waals surface area contributed by atoms with Gasteiger partial charge in [0.25, 0.3) is 5.69 Å². The molecule has 0 radical (unpaired) electrons. The molecule has 0 aliphatic rings. The van der Waals surface area contributed by atoms with Crippen molar-refractivity contribution >= 4 is 29.1 Å². The first kappa shape index (κ1) is 15.8. The third-order valence-electron chi connectivity index (χ3n) is 2.97. The maximum Gasteiger partial charge on any atom is 0.283 e. The van der Waals surface area contributed by atoms with Crippen molar-refractivity contribution in [2.45, 2.75) is 23.7 Å². The number of hydrogen-bond acceptors (Lipinski definition) is 4. The molecule has 6 heteroatoms. The quantitative estimate of drug-likeness (QED) is 0.496. The Morgan fingerprint density at radius 3 is 2.52 bits per heavy atom. The third-order valence-corrected chi connectivity index (χ3v) is 4.36. The largest absolute Gasteiger partial charge is 0.389 e. The van der Waals surface area contributed by atoms with Gasteiger partial charge in [0.2, 0.25) is 0 Å². The molecule has 0 heterocycles. The normalized spacial score (nSPS) is 12.1. The summed E-state index contributed by atoms with van der Waals surface area (Å²) in [5, 5.41) is 21.3. The fraction of sp³-hybridized carbons (Fsp3) is 0.200. The van der Waals surface area contributed by atoms with Crippen LogP contribution in [-0.2, 0) is 5.75 Å². The molecule has 110 valence electrons. The summed E-state index contributed by atoms with van der Waals surface area (Å²) < 4.78 is 0. The number of rotatable bonds is 5. The highest BCUT2D eigenvalue weighted by Crippen LogP contribution is 2.33. The van der Waals surface area contributed by atoms with Crippen LogP contribution < -0.4 is 0 Å². The van der Waals surface area contributed by atoms with Gasteiger partial charge >= 0.3 is 0 Å². The number of halogens is 1. The predicted molar refractivity (Wildman–Crippen MR) is 84.7 cm³/mol. The van der Waals surface area contributed by atoms with Crippen molar-refractivity contribution in [2.75, 3.05) is 0 Å². The number of nitro groups is 1. The van der Waals surface area contributed by atoms with Gasteiger partial charge in [0.05, 0.1) is 15.9 Å². The summed E-state index contributed by atoms with van der Waals surface area (Å²) in [4.78, 5) is 11.3. The van der Waals surface area contributed by atoms with Crippen LogP contribution in [0.4, 0.5) is 5.69 Å². The van der Waals surface area contributed by atoms with Crippen molar-refractivity contribution in [3.8, 4) is 0 Å². The summed E-state index contributed by atoms with van der Waals surface area (Å²) in [6.07, 6.45) is -0.723. The smallest absolute Gasteiger partial charge is 0.283 e. The molecular weight excluding hydrogens is 310 g/mol. The summed E-state index contributed by atoms with van der Waals surface area (Å²) in [6.45, 7) is 1.58. The first-order valence-corrected chi connectivity index (χ1v) is 7.67. The van der Waals surface area contributed by atoms with E-state index in [-0.39, 0.29) is 5.69 Å². The van der Waals surface area contributed by atoms with Crippen molar-refractivity contribution in [2.24, 2.45) is 0 Å². The van der Waals surface area contributed by atoms with Crippen LogP contribution in [0.25, 0.3) is 0 Å². The lowest BCUT2D eigenvalue weighted by atomic mass is 10.1. The van der Waals surface area contributed by atoms with Crippen LogP contribution in [0.2, 0.25) is 5.02 Å². The SMILES string of the molecule is C[C@H](O)c1ccc(SCc2ccc(Cl)cc2)c([N+](=O)[O-])c1. The Labute approximate surface area is 131 Å². The van der Waals surface area contributed by atoms with E-state index in [9.17, 15) is 15.2 Å². The number of nitro benzene ring substituents is 1. The van der Waals surface area contributed by atoms with Crippen LogP contribution in [-0.4, -0.2) is 10.0 Å². The average molecular weight is 324 g/mol. The zero-order chi connectivity index (χ0) is 15.4. The number of nitrogens with zero attached hydrogens (tertiary/aromatic N) is 1. The van der Waals surface area contributed by atoms with E-state index in [0.29, 0.717) is 21.2 Å². The molecule has 0 saturated carbocycles. The molecule has 0 saturated heterocycles. The molecule has 0 amide bonds. The molecule has 0 aromatic heterocycles. The lowest BCUT2D eigenvalue weighted by Crippen LogP contribution is -1.96. The molecule has 1 N–H and O–H groups in total. The van der Waals surface area contributed by atoms with Gasteiger partial charge in [0.1, 0.15) is 0 Å². The van der Waals surface area contributed by atoms with Gasteiger partial charge in [0, 0.05) is 16.8 Å². The average Bonchev–Trinajstić information content (AvgIpc) is 2.46. The number of aliphatic hydroxyl groups excluding tert-OH is 1. The number of aliphatic hydroxyl groups is 1. The highest BCUT2D eigenvalue weighted by Gasteiger charge is 2.16. The molecule has 2 aromatic carbocycles. The molecular formula is C15H14ClNO3S. The Bertz CT molecular complexity index is 644. The molecule has 1 atom stereocenters. The van der Waals surface area contributed by atoms with E-state index < -0.39 is 11.0 Å². The summed E-state index contributed by atoms with van der Waals surface area (Å²) in [5.41, 5.74) is 1.60. The third kappa shape index (κ3) is 4.20. The van der Waals surface area contributed by atoms with Gasteiger partial charge in [-0.05, 0) is 36.2 Å². The fourth-order valence-corrected chi connectivity index (χ4v) is 2.89. The van der Waals surface area contributed by atoms with Gasteiger partial charge in [-0.25, -0.2) is 0 Å². The zero-order valence-corrected chi connectivity index (χ0v) is 12.9. The summed E-state index contributed by atoms with van der Waals surface area (Å²) in [5.74, 6) is 0.617. The van der Waals surface area contributed by atoms with E-state index in [0.717, 1.165) is 5.56 Å². The highest BCUT2D eigenvalue weighted by atomic mass is 35.5. The molecule has 0 aliphatic heterocycles. The predicted octanol–water partition coefficient (Wildman–Crippen LogP) is 4.59. The van der Waals surface area contributed by atoms with Crippen LogP contribution >= 0.6 is 23.4 Å². The number of thioether (sulfide) groups is 1. The van der Waals surface area contributed by atoms with Gasteiger partial charge in [-0.2, -0.15) is 0 Å².